The van der Waals surface area contributed by atoms with Crippen molar-refractivity contribution in [3.63, 3.8) is 0 Å². The van der Waals surface area contributed by atoms with E-state index in [1.54, 1.807) is 35.9 Å². The summed E-state index contributed by atoms with van der Waals surface area (Å²) in [6.07, 6.45) is 1.62. The summed E-state index contributed by atoms with van der Waals surface area (Å²) in [4.78, 5) is 13.2. The number of amides is 1. The van der Waals surface area contributed by atoms with Crippen molar-refractivity contribution in [2.24, 2.45) is 7.05 Å². The van der Waals surface area contributed by atoms with Crippen molar-refractivity contribution in [3.8, 4) is 0 Å². The summed E-state index contributed by atoms with van der Waals surface area (Å²) in [7, 11) is 3.53. The van der Waals surface area contributed by atoms with Gasteiger partial charge in [0, 0.05) is 26.8 Å². The van der Waals surface area contributed by atoms with Crippen LogP contribution in [-0.4, -0.2) is 34.2 Å². The van der Waals surface area contributed by atoms with E-state index in [0.717, 1.165) is 0 Å². The standard InChI is InChI=1S/C8H13N3O.ClH/c1-4-10(2)8(12)7-5-6-9-11(7)3;/h5-6H,4H2,1-3H3;1H. The predicted octanol–water partition coefficient (Wildman–Crippen LogP) is 0.934. The van der Waals surface area contributed by atoms with Gasteiger partial charge in [0.2, 0.25) is 0 Å². The number of carbonyl (C=O) groups is 1. The van der Waals surface area contributed by atoms with Gasteiger partial charge in [-0.2, -0.15) is 5.10 Å². The van der Waals surface area contributed by atoms with Gasteiger partial charge < -0.3 is 4.90 Å². The molecule has 0 N–H and O–H groups in total. The second-order valence-corrected chi connectivity index (χ2v) is 2.66. The highest BCUT2D eigenvalue weighted by Crippen LogP contribution is 2.00. The van der Waals surface area contributed by atoms with Gasteiger partial charge in [0.25, 0.3) is 5.91 Å². The third-order valence-electron chi connectivity index (χ3n) is 1.86. The molecule has 0 saturated heterocycles. The largest absolute Gasteiger partial charge is 0.341 e. The molecule has 0 saturated carbocycles. The van der Waals surface area contributed by atoms with Gasteiger partial charge in [0.05, 0.1) is 0 Å². The number of hydrogen-bond acceptors (Lipinski definition) is 2. The van der Waals surface area contributed by atoms with Crippen molar-refractivity contribution in [1.29, 1.82) is 0 Å². The van der Waals surface area contributed by atoms with E-state index in [1.807, 2.05) is 6.92 Å². The van der Waals surface area contributed by atoms with E-state index in [0.29, 0.717) is 12.2 Å². The average Bonchev–Trinajstić information content (AvgIpc) is 2.48. The summed E-state index contributed by atoms with van der Waals surface area (Å²) in [6.45, 7) is 2.65. The number of aryl methyl sites for hydroxylation is 1. The zero-order valence-corrected chi connectivity index (χ0v) is 8.84. The maximum absolute atomic E-state index is 11.5. The highest BCUT2D eigenvalue weighted by atomic mass is 35.5. The van der Waals surface area contributed by atoms with Gasteiger partial charge in [0.1, 0.15) is 5.69 Å². The Morgan fingerprint density at radius 3 is 2.69 bits per heavy atom. The van der Waals surface area contributed by atoms with E-state index in [2.05, 4.69) is 5.10 Å². The van der Waals surface area contributed by atoms with E-state index in [4.69, 9.17) is 0 Å². The number of aromatic nitrogens is 2. The molecule has 0 fully saturated rings. The van der Waals surface area contributed by atoms with Crippen molar-refractivity contribution in [1.82, 2.24) is 14.7 Å². The lowest BCUT2D eigenvalue weighted by Crippen LogP contribution is -2.28. The Kier molecular flexibility index (Phi) is 4.48. The molecule has 0 unspecified atom stereocenters. The third kappa shape index (κ3) is 2.45. The molecule has 0 radical (unpaired) electrons. The molecule has 0 aliphatic heterocycles. The van der Waals surface area contributed by atoms with Crippen LogP contribution in [0, 0.1) is 0 Å². The van der Waals surface area contributed by atoms with Crippen LogP contribution in [0.2, 0.25) is 0 Å². The number of hydrogen-bond donors (Lipinski definition) is 0. The highest BCUT2D eigenvalue weighted by molar-refractivity contribution is 5.92. The fourth-order valence-electron chi connectivity index (χ4n) is 0.923. The van der Waals surface area contributed by atoms with Gasteiger partial charge in [-0.25, -0.2) is 0 Å². The minimum atomic E-state index is 0. The lowest BCUT2D eigenvalue weighted by atomic mass is 10.4. The van der Waals surface area contributed by atoms with E-state index in [-0.39, 0.29) is 18.3 Å². The smallest absolute Gasteiger partial charge is 0.271 e. The Morgan fingerprint density at radius 2 is 2.31 bits per heavy atom. The van der Waals surface area contributed by atoms with Crippen LogP contribution in [0.1, 0.15) is 17.4 Å². The second kappa shape index (κ2) is 4.87. The molecule has 5 heteroatoms. The average molecular weight is 204 g/mol. The van der Waals surface area contributed by atoms with E-state index in [9.17, 15) is 4.79 Å². The maximum atomic E-state index is 11.5. The maximum Gasteiger partial charge on any atom is 0.271 e. The minimum absolute atomic E-state index is 0. The van der Waals surface area contributed by atoms with Crippen molar-refractivity contribution in [2.45, 2.75) is 6.92 Å². The molecular weight excluding hydrogens is 190 g/mol. The number of nitrogens with zero attached hydrogens (tertiary/aromatic N) is 3. The van der Waals surface area contributed by atoms with E-state index in [1.165, 1.54) is 0 Å². The minimum Gasteiger partial charge on any atom is -0.341 e. The monoisotopic (exact) mass is 203 g/mol. The summed E-state index contributed by atoms with van der Waals surface area (Å²) in [5.41, 5.74) is 0.624. The van der Waals surface area contributed by atoms with Crippen LogP contribution in [0.15, 0.2) is 12.3 Å². The first-order valence-corrected chi connectivity index (χ1v) is 3.90. The molecule has 0 aliphatic carbocycles. The summed E-state index contributed by atoms with van der Waals surface area (Å²) in [6, 6.07) is 1.72. The lowest BCUT2D eigenvalue weighted by molar-refractivity contribution is 0.0791. The van der Waals surface area contributed by atoms with Gasteiger partial charge in [-0.05, 0) is 13.0 Å². The van der Waals surface area contributed by atoms with Gasteiger partial charge >= 0.3 is 0 Å². The quantitative estimate of drug-likeness (QED) is 0.718. The van der Waals surface area contributed by atoms with E-state index >= 15 is 0 Å². The molecule has 1 heterocycles. The highest BCUT2D eigenvalue weighted by Gasteiger charge is 2.12. The molecule has 0 aliphatic rings. The van der Waals surface area contributed by atoms with Crippen LogP contribution in [0.4, 0.5) is 0 Å². The van der Waals surface area contributed by atoms with Crippen LogP contribution in [0.5, 0.6) is 0 Å². The SMILES string of the molecule is CCN(C)C(=O)c1ccnn1C.Cl. The normalized spacial score (nSPS) is 9.15. The molecule has 1 aromatic heterocycles. The van der Waals surface area contributed by atoms with Gasteiger partial charge in [-0.15, -0.1) is 12.4 Å². The van der Waals surface area contributed by atoms with Crippen molar-refractivity contribution < 1.29 is 4.79 Å². The molecule has 0 bridgehead atoms. The summed E-state index contributed by atoms with van der Waals surface area (Å²) < 4.78 is 1.58. The molecule has 74 valence electrons. The van der Waals surface area contributed by atoms with Crippen molar-refractivity contribution in [3.05, 3.63) is 18.0 Å². The third-order valence-corrected chi connectivity index (χ3v) is 1.86. The van der Waals surface area contributed by atoms with Crippen LogP contribution in [0.3, 0.4) is 0 Å². The molecule has 13 heavy (non-hydrogen) atoms. The van der Waals surface area contributed by atoms with E-state index < -0.39 is 0 Å². The molecular formula is C8H14ClN3O. The number of rotatable bonds is 2. The summed E-state index contributed by atoms with van der Waals surface area (Å²) in [5, 5.41) is 3.92. The van der Waals surface area contributed by atoms with Crippen LogP contribution in [-0.2, 0) is 7.05 Å². The molecule has 1 amide bonds. The zero-order valence-electron chi connectivity index (χ0n) is 8.02. The Bertz CT molecular complexity index is 285. The van der Waals surface area contributed by atoms with Crippen LogP contribution < -0.4 is 0 Å². The molecule has 1 rings (SSSR count). The molecule has 0 atom stereocenters. The second-order valence-electron chi connectivity index (χ2n) is 2.66. The summed E-state index contributed by atoms with van der Waals surface area (Å²) in [5.74, 6) is 0.0116. The number of halogens is 1. The molecule has 1 aromatic rings. The lowest BCUT2D eigenvalue weighted by Gasteiger charge is -2.13. The summed E-state index contributed by atoms with van der Waals surface area (Å²) >= 11 is 0. The Hall–Kier alpha value is -1.03. The first-order chi connectivity index (χ1) is 5.66. The topological polar surface area (TPSA) is 38.1 Å². The van der Waals surface area contributed by atoms with Gasteiger partial charge in [0.15, 0.2) is 0 Å². The first kappa shape index (κ1) is 12.0. The Morgan fingerprint density at radius 1 is 1.69 bits per heavy atom. The Labute approximate surface area is 83.9 Å². The fraction of sp³-hybridized carbons (Fsp3) is 0.500. The van der Waals surface area contributed by atoms with Crippen LogP contribution >= 0.6 is 12.4 Å². The van der Waals surface area contributed by atoms with Crippen LogP contribution in [0.25, 0.3) is 0 Å². The Balaban J connectivity index is 0.00000144. The molecule has 4 nitrogen and oxygen atoms in total. The predicted molar refractivity (Wildman–Crippen MR) is 53.1 cm³/mol. The van der Waals surface area contributed by atoms with Crippen molar-refractivity contribution in [2.75, 3.05) is 13.6 Å². The van der Waals surface area contributed by atoms with Gasteiger partial charge in [-0.3, -0.25) is 9.48 Å². The zero-order chi connectivity index (χ0) is 9.14. The van der Waals surface area contributed by atoms with Gasteiger partial charge in [-0.1, -0.05) is 0 Å². The molecule has 0 aromatic carbocycles. The van der Waals surface area contributed by atoms with Crippen molar-refractivity contribution >= 4 is 18.3 Å². The number of carbonyl (C=O) groups excluding carboxylic acids is 1. The fourth-order valence-corrected chi connectivity index (χ4v) is 0.923. The molecule has 0 spiro atoms. The first-order valence-electron chi connectivity index (χ1n) is 3.90.